The van der Waals surface area contributed by atoms with Crippen molar-refractivity contribution >= 4 is 27.7 Å². The molecule has 92 valence electrons. The third-order valence-electron chi connectivity index (χ3n) is 2.77. The Morgan fingerprint density at radius 3 is 3.06 bits per heavy atom. The number of hydrogen-bond acceptors (Lipinski definition) is 4. The van der Waals surface area contributed by atoms with Gasteiger partial charge in [-0.15, -0.1) is 0 Å². The first-order valence-electron chi connectivity index (χ1n) is 5.50. The zero-order valence-electron chi connectivity index (χ0n) is 9.40. The van der Waals surface area contributed by atoms with Crippen LogP contribution in [0, 0.1) is 0 Å². The molecule has 0 saturated carbocycles. The highest BCUT2D eigenvalue weighted by Gasteiger charge is 2.15. The summed E-state index contributed by atoms with van der Waals surface area (Å²) in [6.45, 7) is 0.122. The second-order valence-corrected chi connectivity index (χ2v) is 3.87. The maximum absolute atomic E-state index is 11.8. The van der Waals surface area contributed by atoms with Crippen molar-refractivity contribution in [3.8, 4) is 0 Å². The van der Waals surface area contributed by atoms with Gasteiger partial charge in [0, 0.05) is 17.3 Å². The number of aromatic amines is 2. The number of aliphatic hydroxyl groups excluding tert-OH is 1. The van der Waals surface area contributed by atoms with Crippen molar-refractivity contribution in [1.82, 2.24) is 25.7 Å². The minimum absolute atomic E-state index is 0.0935. The highest BCUT2D eigenvalue weighted by Crippen LogP contribution is 2.23. The van der Waals surface area contributed by atoms with Crippen LogP contribution >= 0.6 is 0 Å². The maximum Gasteiger partial charge on any atom is 0.270 e. The number of nitrogens with one attached hydrogen (secondary N) is 3. The number of amides is 1. The van der Waals surface area contributed by atoms with E-state index in [1.165, 1.54) is 0 Å². The molecular weight excluding hydrogens is 234 g/mol. The Balaban J connectivity index is 2.11. The molecule has 2 aromatic heterocycles. The molecule has 0 fully saturated rings. The number of nitrogens with zero attached hydrogens (tertiary/aromatic N) is 2. The van der Waals surface area contributed by atoms with Gasteiger partial charge in [-0.3, -0.25) is 15.0 Å². The van der Waals surface area contributed by atoms with Gasteiger partial charge in [0.2, 0.25) is 0 Å². The van der Waals surface area contributed by atoms with E-state index in [1.54, 1.807) is 6.20 Å². The van der Waals surface area contributed by atoms with E-state index < -0.39 is 0 Å². The molecule has 0 aliphatic carbocycles. The third-order valence-corrected chi connectivity index (χ3v) is 2.77. The van der Waals surface area contributed by atoms with Crippen LogP contribution < -0.4 is 5.32 Å². The summed E-state index contributed by atoms with van der Waals surface area (Å²) < 4.78 is 0. The van der Waals surface area contributed by atoms with Gasteiger partial charge in [0.15, 0.2) is 0 Å². The number of carbonyl (C=O) groups is 1. The molecule has 1 amide bonds. The molecule has 4 N–H and O–H groups in total. The average Bonchev–Trinajstić information content (AvgIpc) is 3.00. The SMILES string of the molecule is O=C(NCCO)c1[nH]nc2c1ccc1[nH]ncc12. The molecule has 0 saturated heterocycles. The topological polar surface area (TPSA) is 107 Å². The second-order valence-electron chi connectivity index (χ2n) is 3.87. The van der Waals surface area contributed by atoms with Crippen LogP contribution in [0.15, 0.2) is 18.3 Å². The fraction of sp³-hybridized carbons (Fsp3) is 0.182. The maximum atomic E-state index is 11.8. The molecular formula is C11H11N5O2. The van der Waals surface area contributed by atoms with Crippen molar-refractivity contribution < 1.29 is 9.90 Å². The predicted octanol–water partition coefficient (Wildman–Crippen LogP) is 0.161. The number of hydrogen-bond donors (Lipinski definition) is 4. The third kappa shape index (κ3) is 1.52. The van der Waals surface area contributed by atoms with Crippen LogP contribution in [-0.4, -0.2) is 44.6 Å². The quantitative estimate of drug-likeness (QED) is 0.527. The van der Waals surface area contributed by atoms with Crippen molar-refractivity contribution in [2.24, 2.45) is 0 Å². The van der Waals surface area contributed by atoms with Crippen LogP contribution in [0.2, 0.25) is 0 Å². The van der Waals surface area contributed by atoms with Crippen LogP contribution in [0.25, 0.3) is 21.8 Å². The van der Waals surface area contributed by atoms with Gasteiger partial charge in [-0.05, 0) is 12.1 Å². The zero-order chi connectivity index (χ0) is 12.5. The summed E-state index contributed by atoms with van der Waals surface area (Å²) in [5.74, 6) is -0.283. The fourth-order valence-electron chi connectivity index (χ4n) is 1.93. The standard InChI is InChI=1S/C11H11N5O2/c17-4-3-12-11(18)10-6-1-2-8-7(5-13-14-8)9(6)15-16-10/h1-2,5,17H,3-4H2,(H,12,18)(H,13,14)(H,15,16). The van der Waals surface area contributed by atoms with Gasteiger partial charge < -0.3 is 10.4 Å². The van der Waals surface area contributed by atoms with E-state index in [1.807, 2.05) is 12.1 Å². The normalized spacial score (nSPS) is 11.2. The van der Waals surface area contributed by atoms with Gasteiger partial charge in [-0.2, -0.15) is 10.2 Å². The average molecular weight is 245 g/mol. The predicted molar refractivity (Wildman–Crippen MR) is 65.2 cm³/mol. The first-order valence-corrected chi connectivity index (χ1v) is 5.50. The number of aliphatic hydroxyl groups is 1. The molecule has 0 aliphatic heterocycles. The summed E-state index contributed by atoms with van der Waals surface area (Å²) in [4.78, 5) is 11.8. The Morgan fingerprint density at radius 2 is 2.22 bits per heavy atom. The molecule has 1 aromatic carbocycles. The van der Waals surface area contributed by atoms with E-state index in [4.69, 9.17) is 5.11 Å². The van der Waals surface area contributed by atoms with Gasteiger partial charge in [-0.25, -0.2) is 0 Å². The number of rotatable bonds is 3. The van der Waals surface area contributed by atoms with Gasteiger partial charge in [0.05, 0.1) is 18.3 Å². The molecule has 7 heteroatoms. The first kappa shape index (κ1) is 10.7. The lowest BCUT2D eigenvalue weighted by Gasteiger charge is -2.00. The van der Waals surface area contributed by atoms with Crippen molar-refractivity contribution in [3.05, 3.63) is 24.0 Å². The zero-order valence-corrected chi connectivity index (χ0v) is 9.40. The van der Waals surface area contributed by atoms with Crippen molar-refractivity contribution in [3.63, 3.8) is 0 Å². The summed E-state index contributed by atoms with van der Waals surface area (Å²) in [6.07, 6.45) is 1.67. The Hall–Kier alpha value is -2.41. The summed E-state index contributed by atoms with van der Waals surface area (Å²) in [5.41, 5.74) is 1.97. The van der Waals surface area contributed by atoms with Crippen LogP contribution in [-0.2, 0) is 0 Å². The summed E-state index contributed by atoms with van der Waals surface area (Å²) in [6, 6.07) is 3.66. The lowest BCUT2D eigenvalue weighted by Crippen LogP contribution is -2.26. The molecule has 18 heavy (non-hydrogen) atoms. The van der Waals surface area contributed by atoms with E-state index in [9.17, 15) is 4.79 Å². The first-order chi connectivity index (χ1) is 8.81. The lowest BCUT2D eigenvalue weighted by atomic mass is 10.1. The van der Waals surface area contributed by atoms with Crippen molar-refractivity contribution in [2.75, 3.05) is 13.2 Å². The monoisotopic (exact) mass is 245 g/mol. The van der Waals surface area contributed by atoms with E-state index in [2.05, 4.69) is 25.7 Å². The highest BCUT2D eigenvalue weighted by molar-refractivity contribution is 6.12. The fourth-order valence-corrected chi connectivity index (χ4v) is 1.93. The summed E-state index contributed by atoms with van der Waals surface area (Å²) in [7, 11) is 0. The Kier molecular flexibility index (Phi) is 2.45. The molecule has 7 nitrogen and oxygen atoms in total. The van der Waals surface area contributed by atoms with Crippen molar-refractivity contribution in [2.45, 2.75) is 0 Å². The number of fused-ring (bicyclic) bond motifs is 3. The minimum atomic E-state index is -0.283. The Labute approximate surface area is 101 Å². The molecule has 0 aliphatic rings. The molecule has 0 unspecified atom stereocenters. The van der Waals surface area contributed by atoms with Crippen molar-refractivity contribution in [1.29, 1.82) is 0 Å². The smallest absolute Gasteiger partial charge is 0.270 e. The lowest BCUT2D eigenvalue weighted by molar-refractivity contribution is 0.0941. The Bertz CT molecular complexity index is 714. The van der Waals surface area contributed by atoms with Crippen LogP contribution in [0.3, 0.4) is 0 Å². The molecule has 3 rings (SSSR count). The molecule has 0 atom stereocenters. The van der Waals surface area contributed by atoms with Crippen LogP contribution in [0.4, 0.5) is 0 Å². The molecule has 2 heterocycles. The van der Waals surface area contributed by atoms with E-state index in [0.717, 1.165) is 16.3 Å². The number of H-pyrrole nitrogens is 2. The van der Waals surface area contributed by atoms with Crippen LogP contribution in [0.5, 0.6) is 0 Å². The summed E-state index contributed by atoms with van der Waals surface area (Å²) in [5, 5.41) is 26.5. The van der Waals surface area contributed by atoms with Gasteiger partial charge >= 0.3 is 0 Å². The van der Waals surface area contributed by atoms with E-state index in [-0.39, 0.29) is 19.1 Å². The molecule has 0 bridgehead atoms. The highest BCUT2D eigenvalue weighted by atomic mass is 16.3. The number of aromatic nitrogens is 4. The van der Waals surface area contributed by atoms with Crippen LogP contribution in [0.1, 0.15) is 10.5 Å². The number of carbonyl (C=O) groups excluding carboxylic acids is 1. The van der Waals surface area contributed by atoms with Gasteiger partial charge in [-0.1, -0.05) is 0 Å². The van der Waals surface area contributed by atoms with E-state index in [0.29, 0.717) is 11.2 Å². The van der Waals surface area contributed by atoms with Gasteiger partial charge in [0.25, 0.3) is 5.91 Å². The Morgan fingerprint density at radius 1 is 1.33 bits per heavy atom. The van der Waals surface area contributed by atoms with Gasteiger partial charge in [0.1, 0.15) is 11.2 Å². The summed E-state index contributed by atoms with van der Waals surface area (Å²) >= 11 is 0. The second kappa shape index (κ2) is 4.11. The number of benzene rings is 1. The molecule has 3 aromatic rings. The minimum Gasteiger partial charge on any atom is -0.395 e. The molecule has 0 radical (unpaired) electrons. The largest absolute Gasteiger partial charge is 0.395 e. The van der Waals surface area contributed by atoms with E-state index >= 15 is 0 Å². The molecule has 0 spiro atoms.